The standard InChI is InChI=1S/C23H25Cl2N3O2S/c24-20-6-3-16(11-21(20)25)22-14-31-23(27-22)26-17-4-1-15(2-5-17)7-9-28-10-8-19(30)12-18(28)13-29/h1-6,11,14,18-19,29-30H,7-10,12-13H2,(H,26,27). The molecule has 1 aliphatic rings. The lowest BCUT2D eigenvalue weighted by Crippen LogP contribution is -2.47. The second kappa shape index (κ2) is 10.3. The van der Waals surface area contributed by atoms with Gasteiger partial charge in [0.2, 0.25) is 0 Å². The van der Waals surface area contributed by atoms with Crippen LogP contribution < -0.4 is 5.32 Å². The van der Waals surface area contributed by atoms with Gasteiger partial charge in [0, 0.05) is 35.8 Å². The lowest BCUT2D eigenvalue weighted by Gasteiger charge is -2.36. The number of nitrogens with zero attached hydrogens (tertiary/aromatic N) is 2. The van der Waals surface area contributed by atoms with Gasteiger partial charge in [0.25, 0.3) is 0 Å². The van der Waals surface area contributed by atoms with E-state index in [9.17, 15) is 10.2 Å². The largest absolute Gasteiger partial charge is 0.395 e. The zero-order chi connectivity index (χ0) is 21.8. The van der Waals surface area contributed by atoms with E-state index in [1.165, 1.54) is 16.9 Å². The van der Waals surface area contributed by atoms with Gasteiger partial charge in [0.1, 0.15) is 0 Å². The van der Waals surface area contributed by atoms with Crippen molar-refractivity contribution in [3.63, 3.8) is 0 Å². The maximum atomic E-state index is 9.79. The van der Waals surface area contributed by atoms with Crippen LogP contribution in [0.5, 0.6) is 0 Å². The summed E-state index contributed by atoms with van der Waals surface area (Å²) in [6, 6.07) is 13.9. The van der Waals surface area contributed by atoms with Crippen LogP contribution in [0, 0.1) is 0 Å². The highest BCUT2D eigenvalue weighted by Gasteiger charge is 2.26. The smallest absolute Gasteiger partial charge is 0.187 e. The van der Waals surface area contributed by atoms with Crippen molar-refractivity contribution < 1.29 is 10.2 Å². The monoisotopic (exact) mass is 477 g/mol. The Bertz CT molecular complexity index is 1010. The van der Waals surface area contributed by atoms with E-state index >= 15 is 0 Å². The fourth-order valence-corrected chi connectivity index (χ4v) is 4.87. The molecule has 1 saturated heterocycles. The number of nitrogens with one attached hydrogen (secondary N) is 1. The molecule has 1 fully saturated rings. The molecular formula is C23H25Cl2N3O2S. The molecule has 31 heavy (non-hydrogen) atoms. The van der Waals surface area contributed by atoms with Gasteiger partial charge in [-0.2, -0.15) is 0 Å². The fraction of sp³-hybridized carbons (Fsp3) is 0.348. The van der Waals surface area contributed by atoms with Crippen LogP contribution in [0.2, 0.25) is 10.0 Å². The third-order valence-corrected chi connectivity index (χ3v) is 7.13. The topological polar surface area (TPSA) is 68.6 Å². The maximum absolute atomic E-state index is 9.79. The summed E-state index contributed by atoms with van der Waals surface area (Å²) in [5.41, 5.74) is 4.00. The normalized spacial score (nSPS) is 19.5. The minimum Gasteiger partial charge on any atom is -0.395 e. The van der Waals surface area contributed by atoms with Crippen LogP contribution in [0.25, 0.3) is 11.3 Å². The first kappa shape index (κ1) is 22.5. The number of anilines is 2. The second-order valence-corrected chi connectivity index (χ2v) is 9.46. The molecule has 0 bridgehead atoms. The number of hydrogen-bond acceptors (Lipinski definition) is 6. The molecule has 0 saturated carbocycles. The second-order valence-electron chi connectivity index (χ2n) is 7.79. The van der Waals surface area contributed by atoms with Crippen LogP contribution in [-0.4, -0.2) is 51.9 Å². The van der Waals surface area contributed by atoms with Crippen LogP contribution in [-0.2, 0) is 6.42 Å². The number of likely N-dealkylation sites (tertiary alicyclic amines) is 1. The van der Waals surface area contributed by atoms with E-state index in [1.54, 1.807) is 6.07 Å². The highest BCUT2D eigenvalue weighted by Crippen LogP contribution is 2.31. The summed E-state index contributed by atoms with van der Waals surface area (Å²) in [5, 5.41) is 26.6. The zero-order valence-corrected chi connectivity index (χ0v) is 19.3. The predicted octanol–water partition coefficient (Wildman–Crippen LogP) is 5.22. The third kappa shape index (κ3) is 5.77. The molecule has 8 heteroatoms. The first-order chi connectivity index (χ1) is 15.0. The van der Waals surface area contributed by atoms with Crippen molar-refractivity contribution in [2.75, 3.05) is 25.0 Å². The number of rotatable bonds is 7. The summed E-state index contributed by atoms with van der Waals surface area (Å²) < 4.78 is 0. The molecule has 2 unspecified atom stereocenters. The van der Waals surface area contributed by atoms with E-state index in [0.29, 0.717) is 16.5 Å². The zero-order valence-electron chi connectivity index (χ0n) is 17.0. The molecule has 0 spiro atoms. The summed E-state index contributed by atoms with van der Waals surface area (Å²) in [6.45, 7) is 1.80. The van der Waals surface area contributed by atoms with Gasteiger partial charge >= 0.3 is 0 Å². The lowest BCUT2D eigenvalue weighted by molar-refractivity contribution is 0.0177. The molecule has 4 rings (SSSR count). The highest BCUT2D eigenvalue weighted by molar-refractivity contribution is 7.14. The number of thiazole rings is 1. The molecule has 1 aromatic heterocycles. The number of aromatic nitrogens is 1. The SMILES string of the molecule is OCC1CC(O)CCN1CCc1ccc(Nc2nc(-c3ccc(Cl)c(Cl)c3)cs2)cc1. The van der Waals surface area contributed by atoms with Gasteiger partial charge in [-0.15, -0.1) is 11.3 Å². The van der Waals surface area contributed by atoms with Crippen molar-refractivity contribution in [1.82, 2.24) is 9.88 Å². The number of benzene rings is 2. The first-order valence-corrected chi connectivity index (χ1v) is 12.0. The van der Waals surface area contributed by atoms with Gasteiger partial charge in [-0.05, 0) is 49.1 Å². The number of aliphatic hydroxyl groups excluding tert-OH is 2. The van der Waals surface area contributed by atoms with Gasteiger partial charge in [-0.3, -0.25) is 4.90 Å². The van der Waals surface area contributed by atoms with E-state index in [4.69, 9.17) is 23.2 Å². The van der Waals surface area contributed by atoms with Crippen LogP contribution in [0.1, 0.15) is 18.4 Å². The number of aliphatic hydroxyl groups is 2. The van der Waals surface area contributed by atoms with E-state index in [2.05, 4.69) is 39.5 Å². The third-order valence-electron chi connectivity index (χ3n) is 5.63. The summed E-state index contributed by atoms with van der Waals surface area (Å²) in [6.07, 6.45) is 2.04. The minimum absolute atomic E-state index is 0.0549. The quantitative estimate of drug-likeness (QED) is 0.435. The number of hydrogen-bond donors (Lipinski definition) is 3. The summed E-state index contributed by atoms with van der Waals surface area (Å²) in [5.74, 6) is 0. The Kier molecular flexibility index (Phi) is 7.48. The Hall–Kier alpha value is -1.67. The van der Waals surface area contributed by atoms with Crippen molar-refractivity contribution in [3.05, 3.63) is 63.5 Å². The van der Waals surface area contributed by atoms with E-state index in [0.717, 1.165) is 48.0 Å². The Morgan fingerprint density at radius 2 is 1.94 bits per heavy atom. The van der Waals surface area contributed by atoms with Crippen molar-refractivity contribution in [2.45, 2.75) is 31.4 Å². The van der Waals surface area contributed by atoms with Crippen molar-refractivity contribution >= 4 is 45.4 Å². The van der Waals surface area contributed by atoms with Gasteiger partial charge < -0.3 is 15.5 Å². The molecule has 3 N–H and O–H groups in total. The van der Waals surface area contributed by atoms with Crippen molar-refractivity contribution in [1.29, 1.82) is 0 Å². The average molecular weight is 478 g/mol. The van der Waals surface area contributed by atoms with Crippen LogP contribution in [0.4, 0.5) is 10.8 Å². The number of halogens is 2. The highest BCUT2D eigenvalue weighted by atomic mass is 35.5. The Morgan fingerprint density at radius 1 is 1.13 bits per heavy atom. The molecule has 1 aliphatic heterocycles. The summed E-state index contributed by atoms with van der Waals surface area (Å²) in [4.78, 5) is 6.92. The lowest BCUT2D eigenvalue weighted by atomic mass is 9.99. The van der Waals surface area contributed by atoms with Crippen LogP contribution in [0.15, 0.2) is 47.8 Å². The average Bonchev–Trinajstić information content (AvgIpc) is 3.24. The fourth-order valence-electron chi connectivity index (χ4n) is 3.83. The minimum atomic E-state index is -0.290. The Morgan fingerprint density at radius 3 is 2.68 bits per heavy atom. The van der Waals surface area contributed by atoms with Crippen molar-refractivity contribution in [2.24, 2.45) is 0 Å². The molecule has 0 radical (unpaired) electrons. The van der Waals surface area contributed by atoms with Gasteiger partial charge in [-0.25, -0.2) is 4.98 Å². The van der Waals surface area contributed by atoms with Crippen LogP contribution in [0.3, 0.4) is 0 Å². The molecule has 3 aromatic rings. The van der Waals surface area contributed by atoms with Gasteiger partial charge in [0.15, 0.2) is 5.13 Å². The Balaban J connectivity index is 1.34. The van der Waals surface area contributed by atoms with Crippen LogP contribution >= 0.6 is 34.5 Å². The molecule has 164 valence electrons. The predicted molar refractivity (Wildman–Crippen MR) is 129 cm³/mol. The Labute approximate surface area is 196 Å². The molecule has 2 heterocycles. The molecule has 0 amide bonds. The molecule has 0 aliphatic carbocycles. The van der Waals surface area contributed by atoms with Gasteiger partial charge in [-0.1, -0.05) is 41.4 Å². The molecule has 5 nitrogen and oxygen atoms in total. The number of piperidine rings is 1. The maximum Gasteiger partial charge on any atom is 0.187 e. The molecule has 2 atom stereocenters. The summed E-state index contributed by atoms with van der Waals surface area (Å²) >= 11 is 13.6. The summed E-state index contributed by atoms with van der Waals surface area (Å²) in [7, 11) is 0. The first-order valence-electron chi connectivity index (χ1n) is 10.3. The van der Waals surface area contributed by atoms with Crippen molar-refractivity contribution in [3.8, 4) is 11.3 Å². The van der Waals surface area contributed by atoms with E-state index < -0.39 is 0 Å². The van der Waals surface area contributed by atoms with Gasteiger partial charge in [0.05, 0.1) is 28.5 Å². The molecular weight excluding hydrogens is 453 g/mol. The van der Waals surface area contributed by atoms with E-state index in [1.807, 2.05) is 17.5 Å². The molecule has 2 aromatic carbocycles. The van der Waals surface area contributed by atoms with E-state index in [-0.39, 0.29) is 18.8 Å².